The molecule has 0 aromatic heterocycles. The van der Waals surface area contributed by atoms with E-state index >= 15 is 0 Å². The molecular weight excluding hydrogens is 364 g/mol. The zero-order valence-corrected chi connectivity index (χ0v) is 17.6. The summed E-state index contributed by atoms with van der Waals surface area (Å²) in [4.78, 5) is 21.8. The molecule has 0 aliphatic rings. The number of ether oxygens (including phenoxy) is 2. The van der Waals surface area contributed by atoms with Crippen molar-refractivity contribution in [1.29, 1.82) is 0 Å². The Hall–Kier alpha value is -1.70. The van der Waals surface area contributed by atoms with Gasteiger partial charge in [-0.2, -0.15) is 0 Å². The van der Waals surface area contributed by atoms with Gasteiger partial charge in [0.15, 0.2) is 6.10 Å². The Morgan fingerprint density at radius 1 is 0.821 bits per heavy atom. The molecule has 0 aliphatic heterocycles. The first kappa shape index (κ1) is 26.3. The quantitative estimate of drug-likeness (QED) is 0.285. The zero-order chi connectivity index (χ0) is 22.2. The predicted molar refractivity (Wildman–Crippen MR) is 106 cm³/mol. The average molecular weight is 401 g/mol. The van der Waals surface area contributed by atoms with Crippen LogP contribution in [0.25, 0.3) is 0 Å². The third kappa shape index (κ3) is 4.64. The van der Waals surface area contributed by atoms with E-state index in [1.54, 1.807) is 27.7 Å². The first-order valence-electron chi connectivity index (χ1n) is 9.55. The van der Waals surface area contributed by atoms with Gasteiger partial charge in [0.2, 0.25) is 0 Å². The van der Waals surface area contributed by atoms with Gasteiger partial charge >= 0.3 is 0 Å². The molecule has 28 heavy (non-hydrogen) atoms. The molecule has 0 saturated heterocycles. The Kier molecular flexibility index (Phi) is 10.1. The first-order valence-corrected chi connectivity index (χ1v) is 9.55. The van der Waals surface area contributed by atoms with E-state index in [2.05, 4.69) is 13.2 Å². The number of hydrogen-bond acceptors (Lipinski definition) is 7. The van der Waals surface area contributed by atoms with E-state index in [1.807, 2.05) is 6.92 Å². The molecule has 0 saturated carbocycles. The molecule has 0 aromatic carbocycles. The third-order valence-electron chi connectivity index (χ3n) is 6.41. The molecule has 0 heterocycles. The van der Waals surface area contributed by atoms with Gasteiger partial charge in [0.05, 0.1) is 12.2 Å². The minimum absolute atomic E-state index is 0.0412. The van der Waals surface area contributed by atoms with Gasteiger partial charge in [-0.1, -0.05) is 53.9 Å². The SMILES string of the molecule is C=CC(OC=O)C(C)(CC)C(O)C(C)(CC)C(O)C(O)(CC)C(C=C)OC=O. The maximum Gasteiger partial charge on any atom is 0.293 e. The van der Waals surface area contributed by atoms with Crippen LogP contribution in [0.5, 0.6) is 0 Å². The van der Waals surface area contributed by atoms with Gasteiger partial charge < -0.3 is 24.8 Å². The fourth-order valence-electron chi connectivity index (χ4n) is 3.94. The maximum absolute atomic E-state index is 11.4. The molecule has 0 rings (SSSR count). The van der Waals surface area contributed by atoms with Gasteiger partial charge in [0, 0.05) is 10.8 Å². The van der Waals surface area contributed by atoms with Crippen molar-refractivity contribution >= 4 is 12.9 Å². The van der Waals surface area contributed by atoms with Crippen LogP contribution in [-0.4, -0.2) is 58.3 Å². The number of aliphatic hydroxyl groups excluding tert-OH is 2. The first-order chi connectivity index (χ1) is 13.0. The van der Waals surface area contributed by atoms with Crippen LogP contribution in [0.1, 0.15) is 53.9 Å². The van der Waals surface area contributed by atoms with Crippen LogP contribution in [0.4, 0.5) is 0 Å². The van der Waals surface area contributed by atoms with Gasteiger partial charge in [-0.3, -0.25) is 9.59 Å². The van der Waals surface area contributed by atoms with Crippen molar-refractivity contribution in [3.8, 4) is 0 Å². The number of aliphatic hydroxyl groups is 3. The van der Waals surface area contributed by atoms with Crippen LogP contribution in [0, 0.1) is 10.8 Å². The second kappa shape index (κ2) is 10.7. The van der Waals surface area contributed by atoms with Crippen molar-refractivity contribution < 1.29 is 34.4 Å². The summed E-state index contributed by atoms with van der Waals surface area (Å²) in [5.41, 5.74) is -4.10. The summed E-state index contributed by atoms with van der Waals surface area (Å²) >= 11 is 0. The lowest BCUT2D eigenvalue weighted by Gasteiger charge is -2.52. The zero-order valence-electron chi connectivity index (χ0n) is 17.6. The molecular formula is C21H36O7. The highest BCUT2D eigenvalue weighted by Crippen LogP contribution is 2.48. The van der Waals surface area contributed by atoms with Gasteiger partial charge in [-0.05, 0) is 25.3 Å². The van der Waals surface area contributed by atoms with Gasteiger partial charge in [-0.25, -0.2) is 0 Å². The summed E-state index contributed by atoms with van der Waals surface area (Å²) in [6.45, 7) is 16.3. The highest BCUT2D eigenvalue weighted by molar-refractivity contribution is 5.39. The third-order valence-corrected chi connectivity index (χ3v) is 6.41. The second-order valence-corrected chi connectivity index (χ2v) is 7.65. The summed E-state index contributed by atoms with van der Waals surface area (Å²) in [6.07, 6.45) is -1.27. The molecule has 0 fully saturated rings. The van der Waals surface area contributed by atoms with Crippen molar-refractivity contribution in [2.75, 3.05) is 0 Å². The summed E-state index contributed by atoms with van der Waals surface area (Å²) in [6, 6.07) is 0. The molecule has 7 atom stereocenters. The van der Waals surface area contributed by atoms with E-state index in [0.717, 1.165) is 0 Å². The summed E-state index contributed by atoms with van der Waals surface area (Å²) in [7, 11) is 0. The molecule has 0 radical (unpaired) electrons. The summed E-state index contributed by atoms with van der Waals surface area (Å²) in [5.74, 6) is 0. The molecule has 7 unspecified atom stereocenters. The Balaban J connectivity index is 6.32. The molecule has 7 nitrogen and oxygen atoms in total. The van der Waals surface area contributed by atoms with Crippen LogP contribution < -0.4 is 0 Å². The van der Waals surface area contributed by atoms with Crippen molar-refractivity contribution in [3.63, 3.8) is 0 Å². The lowest BCUT2D eigenvalue weighted by atomic mass is 9.59. The lowest BCUT2D eigenvalue weighted by molar-refractivity contribution is -0.222. The Morgan fingerprint density at radius 3 is 1.57 bits per heavy atom. The molecule has 0 aromatic rings. The monoisotopic (exact) mass is 400 g/mol. The smallest absolute Gasteiger partial charge is 0.293 e. The van der Waals surface area contributed by atoms with E-state index in [0.29, 0.717) is 12.9 Å². The van der Waals surface area contributed by atoms with E-state index in [-0.39, 0.29) is 19.3 Å². The van der Waals surface area contributed by atoms with Crippen molar-refractivity contribution in [2.24, 2.45) is 10.8 Å². The lowest BCUT2D eigenvalue weighted by Crippen LogP contribution is -2.64. The standard InChI is InChI=1S/C21H36O7/c1-8-15(27-13-22)19(6,10-3)17(24)20(7,11-4)18(25)21(26,12-5)16(9-2)28-14-23/h8-9,13-18,24-26H,1-2,10-12H2,3-7H3. The predicted octanol–water partition coefficient (Wildman–Crippen LogP) is 2.14. The van der Waals surface area contributed by atoms with Gasteiger partial charge in [0.25, 0.3) is 12.9 Å². The Bertz CT molecular complexity index is 493. The summed E-state index contributed by atoms with van der Waals surface area (Å²) < 4.78 is 10.0. The van der Waals surface area contributed by atoms with E-state index in [9.17, 15) is 24.9 Å². The van der Waals surface area contributed by atoms with E-state index in [1.165, 1.54) is 12.2 Å². The molecule has 7 heteroatoms. The van der Waals surface area contributed by atoms with Crippen LogP contribution in [-0.2, 0) is 19.1 Å². The fourth-order valence-corrected chi connectivity index (χ4v) is 3.94. The minimum Gasteiger partial charge on any atom is -0.460 e. The fraction of sp³-hybridized carbons (Fsp3) is 0.714. The minimum atomic E-state index is -1.88. The topological polar surface area (TPSA) is 113 Å². The van der Waals surface area contributed by atoms with Crippen molar-refractivity contribution in [1.82, 2.24) is 0 Å². The van der Waals surface area contributed by atoms with Crippen molar-refractivity contribution in [3.05, 3.63) is 25.3 Å². The average Bonchev–Trinajstić information content (AvgIpc) is 2.72. The molecule has 0 bridgehead atoms. The Morgan fingerprint density at radius 2 is 1.25 bits per heavy atom. The maximum atomic E-state index is 11.4. The number of hydrogen-bond donors (Lipinski definition) is 3. The van der Waals surface area contributed by atoms with E-state index < -0.39 is 40.8 Å². The highest BCUT2D eigenvalue weighted by Gasteiger charge is 2.57. The van der Waals surface area contributed by atoms with Crippen LogP contribution in [0.15, 0.2) is 25.3 Å². The molecule has 3 N–H and O–H groups in total. The molecule has 0 amide bonds. The largest absolute Gasteiger partial charge is 0.460 e. The summed E-state index contributed by atoms with van der Waals surface area (Å²) in [5, 5.41) is 33.8. The molecule has 162 valence electrons. The Labute approximate surface area is 168 Å². The number of carbonyl (C=O) groups is 2. The van der Waals surface area contributed by atoms with Crippen molar-refractivity contribution in [2.45, 2.75) is 83.9 Å². The van der Waals surface area contributed by atoms with Crippen LogP contribution in [0.2, 0.25) is 0 Å². The number of rotatable bonds is 15. The van der Waals surface area contributed by atoms with Crippen LogP contribution >= 0.6 is 0 Å². The van der Waals surface area contributed by atoms with Gasteiger partial charge in [0.1, 0.15) is 11.7 Å². The molecule has 0 spiro atoms. The van der Waals surface area contributed by atoms with Crippen LogP contribution in [0.3, 0.4) is 0 Å². The van der Waals surface area contributed by atoms with Gasteiger partial charge in [-0.15, -0.1) is 0 Å². The van der Waals surface area contributed by atoms with E-state index in [4.69, 9.17) is 9.47 Å². The second-order valence-electron chi connectivity index (χ2n) is 7.65. The highest BCUT2D eigenvalue weighted by atomic mass is 16.5. The normalized spacial score (nSPS) is 22.1. The number of carbonyl (C=O) groups excluding carboxylic acids is 2. The molecule has 0 aliphatic carbocycles.